The summed E-state index contributed by atoms with van der Waals surface area (Å²) in [6, 6.07) is 11.2. The molecule has 6 rings (SSSR count). The monoisotopic (exact) mass is 454 g/mol. The normalized spacial score (nSPS) is 18.5. The first-order valence-electron chi connectivity index (χ1n) is 11.2. The van der Waals surface area contributed by atoms with Crippen LogP contribution in [0.4, 0.5) is 0 Å². The fourth-order valence-corrected chi connectivity index (χ4v) is 4.61. The maximum atomic E-state index is 13.5. The SMILES string of the molecule is O=c1c2cc(Cc3ccc(-n4cccn4)nc3)c3cccnc3c2ncn1[C@H]1CCOC[C@@H]1O. The van der Waals surface area contributed by atoms with Gasteiger partial charge in [0.2, 0.25) is 0 Å². The number of hydrogen-bond acceptors (Lipinski definition) is 7. The molecule has 1 aromatic carbocycles. The summed E-state index contributed by atoms with van der Waals surface area (Å²) < 4.78 is 8.57. The second-order valence-electron chi connectivity index (χ2n) is 8.44. The van der Waals surface area contributed by atoms with Crippen molar-refractivity contribution >= 4 is 21.8 Å². The molecule has 4 aromatic heterocycles. The molecular weight excluding hydrogens is 432 g/mol. The summed E-state index contributed by atoms with van der Waals surface area (Å²) in [5.41, 5.74) is 3.04. The highest BCUT2D eigenvalue weighted by Gasteiger charge is 2.27. The van der Waals surface area contributed by atoms with Crippen LogP contribution in [0.1, 0.15) is 23.6 Å². The fourth-order valence-electron chi connectivity index (χ4n) is 4.61. The van der Waals surface area contributed by atoms with Crippen molar-refractivity contribution in [3.8, 4) is 5.82 Å². The van der Waals surface area contributed by atoms with Gasteiger partial charge in [0.25, 0.3) is 5.56 Å². The second-order valence-corrected chi connectivity index (χ2v) is 8.44. The highest BCUT2D eigenvalue weighted by Crippen LogP contribution is 2.27. The molecule has 0 radical (unpaired) electrons. The molecular formula is C25H22N6O3. The van der Waals surface area contributed by atoms with Crippen molar-refractivity contribution in [3.63, 3.8) is 0 Å². The molecule has 0 saturated carbocycles. The first kappa shape index (κ1) is 20.6. The number of rotatable bonds is 4. The van der Waals surface area contributed by atoms with E-state index < -0.39 is 6.10 Å². The molecule has 0 spiro atoms. The lowest BCUT2D eigenvalue weighted by atomic mass is 9.99. The number of pyridine rings is 2. The minimum atomic E-state index is -0.747. The Bertz CT molecular complexity index is 1530. The molecule has 1 aliphatic rings. The van der Waals surface area contributed by atoms with E-state index in [-0.39, 0.29) is 18.2 Å². The first-order valence-corrected chi connectivity index (χ1v) is 11.2. The molecule has 5 heterocycles. The van der Waals surface area contributed by atoms with E-state index >= 15 is 0 Å². The summed E-state index contributed by atoms with van der Waals surface area (Å²) in [6.07, 6.45) is 9.01. The topological polar surface area (TPSA) is 108 Å². The van der Waals surface area contributed by atoms with Crippen molar-refractivity contribution in [3.05, 3.63) is 89.0 Å². The Morgan fingerprint density at radius 2 is 1.97 bits per heavy atom. The van der Waals surface area contributed by atoms with Gasteiger partial charge in [-0.2, -0.15) is 5.10 Å². The molecule has 0 aliphatic carbocycles. The van der Waals surface area contributed by atoms with Crippen LogP contribution in [0.3, 0.4) is 0 Å². The van der Waals surface area contributed by atoms with E-state index in [0.29, 0.717) is 35.9 Å². The van der Waals surface area contributed by atoms with Crippen LogP contribution in [0.5, 0.6) is 0 Å². The van der Waals surface area contributed by atoms with E-state index in [4.69, 9.17) is 4.74 Å². The zero-order valence-electron chi connectivity index (χ0n) is 18.3. The van der Waals surface area contributed by atoms with Crippen molar-refractivity contribution in [2.75, 3.05) is 13.2 Å². The van der Waals surface area contributed by atoms with Crippen LogP contribution in [0.15, 0.2) is 72.3 Å². The van der Waals surface area contributed by atoms with Gasteiger partial charge < -0.3 is 9.84 Å². The molecule has 0 bridgehead atoms. The highest BCUT2D eigenvalue weighted by molar-refractivity contribution is 6.04. The smallest absolute Gasteiger partial charge is 0.261 e. The molecule has 5 aromatic rings. The van der Waals surface area contributed by atoms with Crippen LogP contribution in [-0.4, -0.2) is 53.7 Å². The number of aliphatic hydroxyl groups is 1. The Labute approximate surface area is 194 Å². The zero-order valence-corrected chi connectivity index (χ0v) is 18.3. The number of ether oxygens (including phenoxy) is 1. The van der Waals surface area contributed by atoms with Gasteiger partial charge in [0.1, 0.15) is 5.52 Å². The van der Waals surface area contributed by atoms with Crippen LogP contribution < -0.4 is 5.56 Å². The van der Waals surface area contributed by atoms with Gasteiger partial charge in [0.05, 0.1) is 36.0 Å². The standard InChI is InChI=1S/C25H22N6O3/c32-21-14-34-10-6-20(21)30-15-28-24-19(25(30)33)12-17(18-3-1-7-26-23(18)24)11-16-4-5-22(27-13-16)31-9-2-8-29-31/h1-5,7-9,12-13,15,20-21,32H,6,10-11,14H2/t20-,21-/m0/s1. The number of aliphatic hydroxyl groups excluding tert-OH is 1. The van der Waals surface area contributed by atoms with Crippen molar-refractivity contribution in [1.82, 2.24) is 29.3 Å². The van der Waals surface area contributed by atoms with Crippen molar-refractivity contribution in [2.24, 2.45) is 0 Å². The molecule has 170 valence electrons. The van der Waals surface area contributed by atoms with Crippen LogP contribution in [0.25, 0.3) is 27.6 Å². The lowest BCUT2D eigenvalue weighted by molar-refractivity contribution is -0.0395. The Hall–Kier alpha value is -3.95. The lowest BCUT2D eigenvalue weighted by Gasteiger charge is -2.29. The fraction of sp³-hybridized carbons (Fsp3) is 0.240. The van der Waals surface area contributed by atoms with Gasteiger partial charge in [-0.15, -0.1) is 0 Å². The first-order chi connectivity index (χ1) is 16.7. The molecule has 0 unspecified atom stereocenters. The van der Waals surface area contributed by atoms with Gasteiger partial charge in [-0.25, -0.2) is 14.6 Å². The molecule has 2 atom stereocenters. The molecule has 9 heteroatoms. The number of fused-ring (bicyclic) bond motifs is 3. The summed E-state index contributed by atoms with van der Waals surface area (Å²) in [5, 5.41) is 16.0. The Morgan fingerprint density at radius 3 is 2.76 bits per heavy atom. The molecule has 0 amide bonds. The predicted molar refractivity (Wildman–Crippen MR) is 126 cm³/mol. The summed E-state index contributed by atoms with van der Waals surface area (Å²) in [4.78, 5) is 27.2. The summed E-state index contributed by atoms with van der Waals surface area (Å²) in [6.45, 7) is 0.708. The molecule has 34 heavy (non-hydrogen) atoms. The lowest BCUT2D eigenvalue weighted by Crippen LogP contribution is -2.39. The largest absolute Gasteiger partial charge is 0.389 e. The van der Waals surface area contributed by atoms with E-state index in [0.717, 1.165) is 22.3 Å². The third kappa shape index (κ3) is 3.55. The highest BCUT2D eigenvalue weighted by atomic mass is 16.5. The predicted octanol–water partition coefficient (Wildman–Crippen LogP) is 2.44. The van der Waals surface area contributed by atoms with Crippen molar-refractivity contribution in [1.29, 1.82) is 0 Å². The van der Waals surface area contributed by atoms with Gasteiger partial charge in [-0.3, -0.25) is 14.3 Å². The zero-order chi connectivity index (χ0) is 23.1. The third-order valence-electron chi connectivity index (χ3n) is 6.32. The number of aromatic nitrogens is 6. The molecule has 9 nitrogen and oxygen atoms in total. The number of benzene rings is 1. The minimum Gasteiger partial charge on any atom is -0.389 e. The second kappa shape index (κ2) is 8.44. The molecule has 1 N–H and O–H groups in total. The summed E-state index contributed by atoms with van der Waals surface area (Å²) >= 11 is 0. The maximum absolute atomic E-state index is 13.5. The van der Waals surface area contributed by atoms with Gasteiger partial charge in [0.15, 0.2) is 5.82 Å². The molecule has 1 fully saturated rings. The molecule has 1 aliphatic heterocycles. The Kier molecular flexibility index (Phi) is 5.12. The summed E-state index contributed by atoms with van der Waals surface area (Å²) in [7, 11) is 0. The van der Waals surface area contributed by atoms with Gasteiger partial charge in [-0.05, 0) is 48.2 Å². The number of hydrogen-bond donors (Lipinski definition) is 1. The van der Waals surface area contributed by atoms with Crippen molar-refractivity contribution in [2.45, 2.75) is 25.0 Å². The minimum absolute atomic E-state index is 0.183. The average molecular weight is 454 g/mol. The quantitative estimate of drug-likeness (QED) is 0.416. The van der Waals surface area contributed by atoms with Crippen molar-refractivity contribution < 1.29 is 9.84 Å². The molecule has 1 saturated heterocycles. The van der Waals surface area contributed by atoms with Crippen LogP contribution in [-0.2, 0) is 11.2 Å². The van der Waals surface area contributed by atoms with Gasteiger partial charge in [0, 0.05) is 36.8 Å². The number of nitrogens with zero attached hydrogens (tertiary/aromatic N) is 6. The Morgan fingerprint density at radius 1 is 1.06 bits per heavy atom. The van der Waals surface area contributed by atoms with E-state index in [1.54, 1.807) is 17.1 Å². The van der Waals surface area contributed by atoms with Crippen LogP contribution in [0, 0.1) is 0 Å². The van der Waals surface area contributed by atoms with Crippen LogP contribution in [0.2, 0.25) is 0 Å². The third-order valence-corrected chi connectivity index (χ3v) is 6.32. The maximum Gasteiger partial charge on any atom is 0.261 e. The van der Waals surface area contributed by atoms with E-state index in [1.807, 2.05) is 48.8 Å². The van der Waals surface area contributed by atoms with Crippen LogP contribution >= 0.6 is 0 Å². The van der Waals surface area contributed by atoms with Gasteiger partial charge >= 0.3 is 0 Å². The van der Waals surface area contributed by atoms with E-state index in [9.17, 15) is 9.90 Å². The Balaban J connectivity index is 1.45. The van der Waals surface area contributed by atoms with Gasteiger partial charge in [-0.1, -0.05) is 12.1 Å². The van der Waals surface area contributed by atoms with E-state index in [2.05, 4.69) is 20.1 Å². The van der Waals surface area contributed by atoms with E-state index in [1.165, 1.54) is 10.9 Å². The average Bonchev–Trinajstić information content (AvgIpc) is 3.41. The summed E-state index contributed by atoms with van der Waals surface area (Å²) in [5.74, 6) is 0.737.